The van der Waals surface area contributed by atoms with Crippen molar-refractivity contribution in [3.8, 4) is 0 Å². The lowest BCUT2D eigenvalue weighted by atomic mass is 9.69. The highest BCUT2D eigenvalue weighted by Gasteiger charge is 2.74. The van der Waals surface area contributed by atoms with Crippen LogP contribution in [0.1, 0.15) is 89.5 Å². The van der Waals surface area contributed by atoms with E-state index in [0.717, 1.165) is 41.5 Å². The lowest BCUT2D eigenvalue weighted by Crippen LogP contribution is -2.60. The van der Waals surface area contributed by atoms with Gasteiger partial charge in [-0.15, -0.1) is 0 Å². The molecule has 0 N–H and O–H groups in total. The number of Topliss-reactive ketones (excluding diaryl/α,β-unsaturated/α-hetero) is 1. The largest absolute Gasteiger partial charge is 0.458 e. The van der Waals surface area contributed by atoms with Gasteiger partial charge in [-0.3, -0.25) is 38.4 Å². The van der Waals surface area contributed by atoms with Crippen LogP contribution in [0.3, 0.4) is 0 Å². The van der Waals surface area contributed by atoms with Crippen LogP contribution in [0.25, 0.3) is 0 Å². The van der Waals surface area contributed by atoms with Crippen molar-refractivity contribution >= 4 is 47.6 Å². The maximum atomic E-state index is 15.1. The maximum absolute atomic E-state index is 15.1. The van der Waals surface area contributed by atoms with E-state index in [9.17, 15) is 33.6 Å². The third-order valence-electron chi connectivity index (χ3n) is 9.65. The molecule has 290 valence electrons. The van der Waals surface area contributed by atoms with E-state index in [-0.39, 0.29) is 5.57 Å². The number of fused-ring (bicyclic) bond motifs is 2. The zero-order chi connectivity index (χ0) is 39.8. The summed E-state index contributed by atoms with van der Waals surface area (Å²) in [6.07, 6.45) is -10.9. The SMILES string of the molecule is C=C1[C@H](OC(=O)C(C)C)[C@@H](OC(C)=O)[C@@H](OC(C)=O)C(C)(C)[C@@H]2O[C@H]2[C@@H](C)C(=O)[C@@]2(OC(C)=O)C[C@@](C)(OC(C)=O)[C@H](OC(C)=O)[C@@H]2[C@H]1OC(C)=O. The van der Waals surface area contributed by atoms with Crippen molar-refractivity contribution in [3.05, 3.63) is 12.2 Å². The molecule has 52 heavy (non-hydrogen) atoms. The summed E-state index contributed by atoms with van der Waals surface area (Å²) in [7, 11) is 0. The second-order valence-electron chi connectivity index (χ2n) is 14.8. The first-order chi connectivity index (χ1) is 23.8. The quantitative estimate of drug-likeness (QED) is 0.151. The Morgan fingerprint density at radius 1 is 0.712 bits per heavy atom. The van der Waals surface area contributed by atoms with E-state index in [1.807, 2.05) is 0 Å². The first-order valence-corrected chi connectivity index (χ1v) is 17.0. The molecular formula is C36H50O16. The Morgan fingerprint density at radius 2 is 1.21 bits per heavy atom. The second-order valence-corrected chi connectivity index (χ2v) is 14.8. The van der Waals surface area contributed by atoms with E-state index in [2.05, 4.69) is 6.58 Å². The summed E-state index contributed by atoms with van der Waals surface area (Å²) in [5.74, 6) is -10.7. The van der Waals surface area contributed by atoms with E-state index < -0.39 is 131 Å². The molecule has 2 saturated carbocycles. The predicted octanol–water partition coefficient (Wildman–Crippen LogP) is 2.49. The van der Waals surface area contributed by atoms with Crippen molar-refractivity contribution in [3.63, 3.8) is 0 Å². The highest BCUT2D eigenvalue weighted by molar-refractivity contribution is 5.93. The molecule has 0 bridgehead atoms. The average molecular weight is 739 g/mol. The third kappa shape index (κ3) is 8.48. The van der Waals surface area contributed by atoms with E-state index in [1.165, 1.54) is 27.7 Å². The standard InChI is InChI=1S/C36H50O16/c1-15(2)33(44)50-26-16(3)25(45-18(5)37)24-30(47-20(7)39)35(13,51-22(9)41)14-36(24,52-23(10)42)29(43)17(4)27-31(49-27)34(11,12)32(48-21(8)40)28(26)46-19(6)38/h15,17,24-28,30-32H,3,14H2,1-2,4-13H3/t17-,24+,25+,26+,27+,28-,30-,31-,32-,35-,36-/m1/s1. The Balaban J connectivity index is 2.58. The van der Waals surface area contributed by atoms with Crippen LogP contribution in [0.2, 0.25) is 0 Å². The fourth-order valence-electron chi connectivity index (χ4n) is 7.66. The van der Waals surface area contributed by atoms with E-state index in [1.54, 1.807) is 13.8 Å². The van der Waals surface area contributed by atoms with Gasteiger partial charge in [0.25, 0.3) is 0 Å². The number of ketones is 1. The third-order valence-corrected chi connectivity index (χ3v) is 9.65. The van der Waals surface area contributed by atoms with Crippen molar-refractivity contribution in [2.24, 2.45) is 23.2 Å². The number of carbonyl (C=O) groups is 8. The van der Waals surface area contributed by atoms with Crippen LogP contribution in [0.15, 0.2) is 12.2 Å². The molecule has 3 fully saturated rings. The Labute approximate surface area is 302 Å². The van der Waals surface area contributed by atoms with Crippen LogP contribution in [0.4, 0.5) is 0 Å². The molecule has 2 aliphatic carbocycles. The normalized spacial score (nSPS) is 35.3. The molecule has 1 saturated heterocycles. The van der Waals surface area contributed by atoms with E-state index in [4.69, 9.17) is 37.9 Å². The van der Waals surface area contributed by atoms with Crippen molar-refractivity contribution < 1.29 is 76.3 Å². The highest BCUT2D eigenvalue weighted by atomic mass is 16.6. The van der Waals surface area contributed by atoms with Crippen LogP contribution < -0.4 is 0 Å². The number of epoxide rings is 1. The Hall–Kier alpha value is -4.34. The van der Waals surface area contributed by atoms with Crippen LogP contribution in [-0.2, 0) is 76.3 Å². The maximum Gasteiger partial charge on any atom is 0.309 e. The summed E-state index contributed by atoms with van der Waals surface area (Å²) >= 11 is 0. The van der Waals surface area contributed by atoms with Gasteiger partial charge in [-0.05, 0) is 6.92 Å². The van der Waals surface area contributed by atoms with Gasteiger partial charge in [-0.1, -0.05) is 41.2 Å². The van der Waals surface area contributed by atoms with Crippen molar-refractivity contribution in [2.75, 3.05) is 0 Å². The minimum absolute atomic E-state index is 0.344. The number of hydrogen-bond donors (Lipinski definition) is 0. The number of hydrogen-bond acceptors (Lipinski definition) is 16. The summed E-state index contributed by atoms with van der Waals surface area (Å²) in [6.45, 7) is 19.7. The van der Waals surface area contributed by atoms with Crippen molar-refractivity contribution in [1.82, 2.24) is 0 Å². The first kappa shape index (κ1) is 42.1. The molecule has 1 heterocycles. The van der Waals surface area contributed by atoms with Crippen molar-refractivity contribution in [2.45, 2.75) is 143 Å². The van der Waals surface area contributed by atoms with Gasteiger partial charge in [0.2, 0.25) is 0 Å². The van der Waals surface area contributed by atoms with Crippen LogP contribution in [-0.4, -0.2) is 101 Å². The monoisotopic (exact) mass is 738 g/mol. The molecule has 0 aromatic rings. The molecule has 1 aliphatic heterocycles. The highest BCUT2D eigenvalue weighted by Crippen LogP contribution is 2.56. The van der Waals surface area contributed by atoms with Gasteiger partial charge in [0, 0.05) is 64.9 Å². The molecule has 3 rings (SSSR count). The molecule has 3 aliphatic rings. The summed E-state index contributed by atoms with van der Waals surface area (Å²) in [4.78, 5) is 105. The Kier molecular flexibility index (Phi) is 12.4. The van der Waals surface area contributed by atoms with Crippen LogP contribution in [0.5, 0.6) is 0 Å². The summed E-state index contributed by atoms with van der Waals surface area (Å²) in [5, 5.41) is 0. The summed E-state index contributed by atoms with van der Waals surface area (Å²) in [5.41, 5.74) is -5.92. The van der Waals surface area contributed by atoms with Gasteiger partial charge >= 0.3 is 41.8 Å². The van der Waals surface area contributed by atoms with Crippen LogP contribution in [0, 0.1) is 23.2 Å². The Bertz CT molecular complexity index is 1510. The molecule has 0 aromatic carbocycles. The number of ether oxygens (including phenoxy) is 8. The fourth-order valence-corrected chi connectivity index (χ4v) is 7.66. The molecule has 11 atom stereocenters. The van der Waals surface area contributed by atoms with Gasteiger partial charge in [-0.25, -0.2) is 0 Å². The minimum atomic E-state index is -2.38. The number of esters is 7. The summed E-state index contributed by atoms with van der Waals surface area (Å²) in [6, 6.07) is 0. The zero-order valence-corrected chi connectivity index (χ0v) is 31.7. The molecule has 0 amide bonds. The first-order valence-electron chi connectivity index (χ1n) is 17.0. The summed E-state index contributed by atoms with van der Waals surface area (Å²) < 4.78 is 47.0. The lowest BCUT2D eigenvalue weighted by Gasteiger charge is -2.45. The van der Waals surface area contributed by atoms with Gasteiger partial charge < -0.3 is 37.9 Å². The predicted molar refractivity (Wildman–Crippen MR) is 175 cm³/mol. The van der Waals surface area contributed by atoms with Crippen LogP contribution >= 0.6 is 0 Å². The van der Waals surface area contributed by atoms with Gasteiger partial charge in [0.15, 0.2) is 41.4 Å². The molecule has 16 heteroatoms. The molecule has 16 nitrogen and oxygen atoms in total. The molecule has 0 radical (unpaired) electrons. The number of rotatable bonds is 8. The molecule has 0 unspecified atom stereocenters. The topological polar surface area (TPSA) is 214 Å². The van der Waals surface area contributed by atoms with Gasteiger partial charge in [0.05, 0.1) is 24.0 Å². The van der Waals surface area contributed by atoms with Gasteiger partial charge in [0.1, 0.15) is 6.10 Å². The second kappa shape index (κ2) is 15.3. The Morgan fingerprint density at radius 3 is 1.67 bits per heavy atom. The molecule has 0 spiro atoms. The minimum Gasteiger partial charge on any atom is -0.458 e. The van der Waals surface area contributed by atoms with E-state index in [0.29, 0.717) is 0 Å². The van der Waals surface area contributed by atoms with Gasteiger partial charge in [-0.2, -0.15) is 0 Å². The average Bonchev–Trinajstić information content (AvgIpc) is 3.76. The molecular weight excluding hydrogens is 688 g/mol. The molecule has 0 aromatic heterocycles. The van der Waals surface area contributed by atoms with Crippen molar-refractivity contribution in [1.29, 1.82) is 0 Å². The zero-order valence-electron chi connectivity index (χ0n) is 31.7. The van der Waals surface area contributed by atoms with E-state index >= 15 is 4.79 Å². The number of carbonyl (C=O) groups excluding carboxylic acids is 8. The smallest absolute Gasteiger partial charge is 0.309 e. The lowest BCUT2D eigenvalue weighted by molar-refractivity contribution is -0.199. The fraction of sp³-hybridized carbons (Fsp3) is 0.722.